The fraction of sp³-hybridized carbons (Fsp3) is 0.438. The largest absolute Gasteiger partial charge is 0.355 e. The third kappa shape index (κ3) is 4.09. The lowest BCUT2D eigenvalue weighted by molar-refractivity contribution is 0.0963. The first-order valence-electron chi connectivity index (χ1n) is 8.38. The lowest BCUT2D eigenvalue weighted by Crippen LogP contribution is -2.49. The summed E-state index contributed by atoms with van der Waals surface area (Å²) in [6.07, 6.45) is 3.17. The molecule has 1 aliphatic heterocycles. The number of rotatable bonds is 6. The number of aromatic nitrogens is 3. The number of amides is 1. The Morgan fingerprint density at radius 1 is 1.12 bits per heavy atom. The van der Waals surface area contributed by atoms with Crippen molar-refractivity contribution in [3.8, 4) is 0 Å². The fourth-order valence-electron chi connectivity index (χ4n) is 2.86. The van der Waals surface area contributed by atoms with Gasteiger partial charge in [0.15, 0.2) is 0 Å². The summed E-state index contributed by atoms with van der Waals surface area (Å²) in [5, 5.41) is 6.58. The maximum Gasteiger partial charge on any atom is 0.251 e. The molecular formula is C16H22N6O3S. The van der Waals surface area contributed by atoms with Gasteiger partial charge in [-0.25, -0.2) is 13.4 Å². The smallest absolute Gasteiger partial charge is 0.251 e. The Labute approximate surface area is 152 Å². The van der Waals surface area contributed by atoms with E-state index in [-0.39, 0.29) is 10.8 Å². The van der Waals surface area contributed by atoms with Gasteiger partial charge in [0.25, 0.3) is 5.91 Å². The molecule has 1 amide bonds. The van der Waals surface area contributed by atoms with Gasteiger partial charge in [-0.05, 0) is 24.3 Å². The topological polar surface area (TPSA) is 100 Å². The highest BCUT2D eigenvalue weighted by Crippen LogP contribution is 2.18. The van der Waals surface area contributed by atoms with Crippen LogP contribution in [-0.4, -0.2) is 78.1 Å². The van der Waals surface area contributed by atoms with Gasteiger partial charge in [0.05, 0.1) is 11.4 Å². The molecule has 10 heteroatoms. The van der Waals surface area contributed by atoms with Gasteiger partial charge in [-0.3, -0.25) is 14.4 Å². The van der Waals surface area contributed by atoms with E-state index < -0.39 is 10.0 Å². The minimum Gasteiger partial charge on any atom is -0.355 e. The van der Waals surface area contributed by atoms with E-state index in [1.165, 1.54) is 41.9 Å². The molecule has 1 N–H and O–H groups in total. The van der Waals surface area contributed by atoms with Gasteiger partial charge in [0.2, 0.25) is 10.0 Å². The number of carbonyl (C=O) groups excluding carboxylic acids is 1. The normalized spacial score (nSPS) is 16.5. The van der Waals surface area contributed by atoms with Crippen molar-refractivity contribution < 1.29 is 13.2 Å². The number of hydrogen-bond acceptors (Lipinski definition) is 6. The maximum atomic E-state index is 12.8. The van der Waals surface area contributed by atoms with Gasteiger partial charge < -0.3 is 5.32 Å². The Bertz CT molecular complexity index is 827. The summed E-state index contributed by atoms with van der Waals surface area (Å²) in [4.78, 5) is 17.9. The summed E-state index contributed by atoms with van der Waals surface area (Å²) in [5.41, 5.74) is 0.435. The molecule has 1 saturated heterocycles. The predicted molar refractivity (Wildman–Crippen MR) is 95.1 cm³/mol. The van der Waals surface area contributed by atoms with E-state index in [0.29, 0.717) is 31.7 Å². The average Bonchev–Trinajstić information content (AvgIpc) is 3.20. The number of nitrogens with zero attached hydrogens (tertiary/aromatic N) is 5. The zero-order chi connectivity index (χ0) is 18.6. The third-order valence-electron chi connectivity index (χ3n) is 4.42. The van der Waals surface area contributed by atoms with Crippen LogP contribution in [0, 0.1) is 0 Å². The van der Waals surface area contributed by atoms with Crippen molar-refractivity contribution in [1.82, 2.24) is 29.3 Å². The molecule has 0 radical (unpaired) electrons. The van der Waals surface area contributed by atoms with Crippen LogP contribution < -0.4 is 5.32 Å². The Kier molecular flexibility index (Phi) is 5.64. The molecule has 9 nitrogen and oxygen atoms in total. The number of hydrogen-bond donors (Lipinski definition) is 1. The zero-order valence-corrected chi connectivity index (χ0v) is 15.4. The second-order valence-corrected chi connectivity index (χ2v) is 7.95. The van der Waals surface area contributed by atoms with Crippen LogP contribution in [0.5, 0.6) is 0 Å². The Balaban J connectivity index is 1.58. The highest BCUT2D eigenvalue weighted by molar-refractivity contribution is 7.89. The standard InChI is InChI=1S/C16H22N6O3S/c1-17-16(23)14-2-4-15(5-3-14)26(24,25)22-10-7-20(8-11-22)6-9-21-13-18-12-19-21/h2-5,12-13H,6-11H2,1H3,(H,17,23). The summed E-state index contributed by atoms with van der Waals surface area (Å²) >= 11 is 0. The van der Waals surface area contributed by atoms with Crippen LogP contribution in [0.2, 0.25) is 0 Å². The summed E-state index contributed by atoms with van der Waals surface area (Å²) in [7, 11) is -2.01. The van der Waals surface area contributed by atoms with Crippen molar-refractivity contribution in [3.05, 3.63) is 42.5 Å². The Morgan fingerprint density at radius 3 is 2.38 bits per heavy atom. The van der Waals surface area contributed by atoms with Crippen molar-refractivity contribution in [2.45, 2.75) is 11.4 Å². The predicted octanol–water partition coefficient (Wildman–Crippen LogP) is -0.356. The van der Waals surface area contributed by atoms with E-state index in [1.807, 2.05) is 0 Å². The van der Waals surface area contributed by atoms with Crippen molar-refractivity contribution >= 4 is 15.9 Å². The molecule has 0 unspecified atom stereocenters. The molecule has 26 heavy (non-hydrogen) atoms. The molecule has 1 fully saturated rings. The molecule has 140 valence electrons. The SMILES string of the molecule is CNC(=O)c1ccc(S(=O)(=O)N2CCN(CCn3cncn3)CC2)cc1. The van der Waals surface area contributed by atoms with E-state index in [9.17, 15) is 13.2 Å². The Hall–Kier alpha value is -2.30. The molecule has 1 aliphatic rings. The third-order valence-corrected chi connectivity index (χ3v) is 6.34. The minimum absolute atomic E-state index is 0.209. The number of piperazine rings is 1. The second kappa shape index (κ2) is 7.94. The van der Waals surface area contributed by atoms with Gasteiger partial charge in [-0.1, -0.05) is 0 Å². The van der Waals surface area contributed by atoms with Gasteiger partial charge in [-0.15, -0.1) is 0 Å². The molecule has 1 aromatic heterocycles. The molecule has 1 aromatic carbocycles. The van der Waals surface area contributed by atoms with Crippen LogP contribution in [-0.2, 0) is 16.6 Å². The van der Waals surface area contributed by atoms with Crippen LogP contribution >= 0.6 is 0 Å². The van der Waals surface area contributed by atoms with Crippen molar-refractivity contribution in [1.29, 1.82) is 0 Å². The first kappa shape index (κ1) is 18.5. The summed E-state index contributed by atoms with van der Waals surface area (Å²) in [5.74, 6) is -0.241. The zero-order valence-electron chi connectivity index (χ0n) is 14.6. The number of carbonyl (C=O) groups is 1. The summed E-state index contributed by atoms with van der Waals surface area (Å²) in [6.45, 7) is 3.76. The average molecular weight is 378 g/mol. The Morgan fingerprint density at radius 2 is 1.81 bits per heavy atom. The van der Waals surface area contributed by atoms with Crippen LogP contribution in [0.25, 0.3) is 0 Å². The maximum absolute atomic E-state index is 12.8. The molecule has 0 bridgehead atoms. The molecule has 0 spiro atoms. The number of benzene rings is 1. The van der Waals surface area contributed by atoms with Crippen LogP contribution in [0.1, 0.15) is 10.4 Å². The molecule has 2 heterocycles. The van der Waals surface area contributed by atoms with Crippen LogP contribution in [0.15, 0.2) is 41.8 Å². The van der Waals surface area contributed by atoms with Gasteiger partial charge in [0, 0.05) is 45.3 Å². The van der Waals surface area contributed by atoms with Crippen molar-refractivity contribution in [2.75, 3.05) is 39.8 Å². The molecular weight excluding hydrogens is 356 g/mol. The van der Waals surface area contributed by atoms with E-state index in [1.54, 1.807) is 11.0 Å². The lowest BCUT2D eigenvalue weighted by atomic mass is 10.2. The fourth-order valence-corrected chi connectivity index (χ4v) is 4.28. The van der Waals surface area contributed by atoms with Gasteiger partial charge >= 0.3 is 0 Å². The molecule has 0 aliphatic carbocycles. The van der Waals surface area contributed by atoms with E-state index >= 15 is 0 Å². The molecule has 3 rings (SSSR count). The minimum atomic E-state index is -3.55. The van der Waals surface area contributed by atoms with E-state index in [2.05, 4.69) is 20.3 Å². The van der Waals surface area contributed by atoms with E-state index in [4.69, 9.17) is 0 Å². The molecule has 0 saturated carbocycles. The molecule has 2 aromatic rings. The van der Waals surface area contributed by atoms with Gasteiger partial charge in [0.1, 0.15) is 12.7 Å². The van der Waals surface area contributed by atoms with E-state index in [0.717, 1.165) is 13.1 Å². The van der Waals surface area contributed by atoms with Gasteiger partial charge in [-0.2, -0.15) is 9.40 Å². The highest BCUT2D eigenvalue weighted by atomic mass is 32.2. The quantitative estimate of drug-likeness (QED) is 0.737. The first-order chi connectivity index (χ1) is 12.5. The number of sulfonamides is 1. The lowest BCUT2D eigenvalue weighted by Gasteiger charge is -2.33. The van der Waals surface area contributed by atoms with Crippen molar-refractivity contribution in [3.63, 3.8) is 0 Å². The van der Waals surface area contributed by atoms with Crippen LogP contribution in [0.4, 0.5) is 0 Å². The first-order valence-corrected chi connectivity index (χ1v) is 9.82. The summed E-state index contributed by atoms with van der Waals surface area (Å²) < 4.78 is 28.8. The number of nitrogens with one attached hydrogen (secondary N) is 1. The van der Waals surface area contributed by atoms with Crippen LogP contribution in [0.3, 0.4) is 0 Å². The molecule has 0 atom stereocenters. The van der Waals surface area contributed by atoms with Crippen molar-refractivity contribution in [2.24, 2.45) is 0 Å². The monoisotopic (exact) mass is 378 g/mol. The second-order valence-electron chi connectivity index (χ2n) is 6.01. The highest BCUT2D eigenvalue weighted by Gasteiger charge is 2.28. The summed E-state index contributed by atoms with van der Waals surface area (Å²) in [6, 6.07) is 6.02.